The van der Waals surface area contributed by atoms with Gasteiger partial charge in [-0.25, -0.2) is 0 Å². The summed E-state index contributed by atoms with van der Waals surface area (Å²) in [6.45, 7) is 11.9. The normalized spacial score (nSPS) is 20.1. The van der Waals surface area contributed by atoms with E-state index >= 15 is 0 Å². The molecule has 3 rings (SSSR count). The molecule has 0 radical (unpaired) electrons. The van der Waals surface area contributed by atoms with Crippen molar-refractivity contribution in [2.45, 2.75) is 51.2 Å². The predicted octanol–water partition coefficient (Wildman–Crippen LogP) is 3.95. The maximum absolute atomic E-state index is 12.5. The molecule has 6 heteroatoms. The number of phenolic OH excluding ortho intramolecular Hbond substituents is 1. The first-order valence-corrected chi connectivity index (χ1v) is 12.3. The Hall–Kier alpha value is -2.67. The number of rotatable bonds is 11. The summed E-state index contributed by atoms with van der Waals surface area (Å²) in [5.41, 5.74) is 2.77. The van der Waals surface area contributed by atoms with Gasteiger partial charge < -0.3 is 15.5 Å². The number of benzene rings is 2. The summed E-state index contributed by atoms with van der Waals surface area (Å²) >= 11 is 0. The number of carbonyl (C=O) groups excluding carboxylic acids is 1. The second-order valence-electron chi connectivity index (χ2n) is 9.30. The van der Waals surface area contributed by atoms with Gasteiger partial charge in [-0.1, -0.05) is 30.3 Å². The Labute approximate surface area is 203 Å². The van der Waals surface area contributed by atoms with Gasteiger partial charge in [0.15, 0.2) is 0 Å². The SMILES string of the molecule is C=CCN1CC(C)N(C(c2ccc(C(=O)NCCCCCO)cc2)c2cccc(O)c2)CC1C. The Kier molecular flexibility index (Phi) is 9.69. The van der Waals surface area contributed by atoms with Crippen LogP contribution in [0.4, 0.5) is 0 Å². The van der Waals surface area contributed by atoms with E-state index < -0.39 is 0 Å². The number of aliphatic hydroxyl groups excluding tert-OH is 1. The smallest absolute Gasteiger partial charge is 0.251 e. The van der Waals surface area contributed by atoms with Crippen LogP contribution in [-0.4, -0.2) is 70.8 Å². The number of phenols is 1. The molecule has 184 valence electrons. The van der Waals surface area contributed by atoms with Crippen molar-refractivity contribution in [1.29, 1.82) is 0 Å². The first-order chi connectivity index (χ1) is 16.4. The second-order valence-corrected chi connectivity index (χ2v) is 9.30. The Morgan fingerprint density at radius 2 is 1.85 bits per heavy atom. The average Bonchev–Trinajstić information content (AvgIpc) is 2.82. The fourth-order valence-electron chi connectivity index (χ4n) is 4.81. The van der Waals surface area contributed by atoms with Gasteiger partial charge in [0, 0.05) is 50.4 Å². The van der Waals surface area contributed by atoms with Gasteiger partial charge in [0.25, 0.3) is 5.91 Å². The van der Waals surface area contributed by atoms with E-state index in [0.29, 0.717) is 24.2 Å². The van der Waals surface area contributed by atoms with Crippen molar-refractivity contribution in [3.8, 4) is 5.75 Å². The number of unbranched alkanes of at least 4 members (excludes halogenated alkanes) is 2. The van der Waals surface area contributed by atoms with Crippen molar-refractivity contribution >= 4 is 5.91 Å². The van der Waals surface area contributed by atoms with E-state index in [4.69, 9.17) is 5.11 Å². The molecular formula is C28H39N3O3. The number of hydrogen-bond acceptors (Lipinski definition) is 5. The lowest BCUT2D eigenvalue weighted by Gasteiger charge is -2.47. The van der Waals surface area contributed by atoms with Gasteiger partial charge in [0.1, 0.15) is 5.75 Å². The molecule has 0 aliphatic carbocycles. The van der Waals surface area contributed by atoms with Gasteiger partial charge in [-0.05, 0) is 68.5 Å². The van der Waals surface area contributed by atoms with E-state index in [9.17, 15) is 9.90 Å². The lowest BCUT2D eigenvalue weighted by molar-refractivity contribution is 0.0306. The third kappa shape index (κ3) is 6.69. The lowest BCUT2D eigenvalue weighted by atomic mass is 9.92. The van der Waals surface area contributed by atoms with Gasteiger partial charge >= 0.3 is 0 Å². The number of aromatic hydroxyl groups is 1. The Morgan fingerprint density at radius 3 is 2.53 bits per heavy atom. The zero-order valence-electron chi connectivity index (χ0n) is 20.5. The van der Waals surface area contributed by atoms with E-state index in [1.165, 1.54) is 0 Å². The molecule has 2 aromatic rings. The zero-order valence-corrected chi connectivity index (χ0v) is 20.5. The van der Waals surface area contributed by atoms with Crippen LogP contribution in [0, 0.1) is 0 Å². The van der Waals surface area contributed by atoms with Crippen molar-refractivity contribution in [1.82, 2.24) is 15.1 Å². The molecular weight excluding hydrogens is 426 g/mol. The summed E-state index contributed by atoms with van der Waals surface area (Å²) in [4.78, 5) is 17.5. The molecule has 3 atom stereocenters. The van der Waals surface area contributed by atoms with Crippen LogP contribution in [-0.2, 0) is 0 Å². The van der Waals surface area contributed by atoms with Crippen LogP contribution in [0.15, 0.2) is 61.2 Å². The number of piperazine rings is 1. The minimum atomic E-state index is -0.0792. The molecule has 1 heterocycles. The van der Waals surface area contributed by atoms with Gasteiger partial charge in [-0.2, -0.15) is 0 Å². The number of hydrogen-bond donors (Lipinski definition) is 3. The van der Waals surface area contributed by atoms with Crippen molar-refractivity contribution in [3.63, 3.8) is 0 Å². The Bertz CT molecular complexity index is 931. The van der Waals surface area contributed by atoms with E-state index in [0.717, 1.165) is 50.0 Å². The quantitative estimate of drug-likeness (QED) is 0.346. The third-order valence-electron chi connectivity index (χ3n) is 6.65. The minimum Gasteiger partial charge on any atom is -0.508 e. The van der Waals surface area contributed by atoms with E-state index in [1.54, 1.807) is 6.07 Å². The largest absolute Gasteiger partial charge is 0.508 e. The van der Waals surface area contributed by atoms with Crippen molar-refractivity contribution in [3.05, 3.63) is 77.9 Å². The zero-order chi connectivity index (χ0) is 24.5. The number of aliphatic hydroxyl groups is 1. The van der Waals surface area contributed by atoms with Crippen LogP contribution >= 0.6 is 0 Å². The predicted molar refractivity (Wildman–Crippen MR) is 137 cm³/mol. The maximum atomic E-state index is 12.5. The van der Waals surface area contributed by atoms with Crippen LogP contribution in [0.3, 0.4) is 0 Å². The molecule has 0 bridgehead atoms. The van der Waals surface area contributed by atoms with Gasteiger partial charge in [-0.3, -0.25) is 14.6 Å². The van der Waals surface area contributed by atoms with E-state index in [1.807, 2.05) is 42.5 Å². The van der Waals surface area contributed by atoms with Crippen LogP contribution < -0.4 is 5.32 Å². The molecule has 0 aromatic heterocycles. The van der Waals surface area contributed by atoms with Crippen molar-refractivity contribution < 1.29 is 15.0 Å². The topological polar surface area (TPSA) is 76.0 Å². The highest BCUT2D eigenvalue weighted by Crippen LogP contribution is 2.34. The molecule has 0 spiro atoms. The molecule has 6 nitrogen and oxygen atoms in total. The fourth-order valence-corrected chi connectivity index (χ4v) is 4.81. The summed E-state index contributed by atoms with van der Waals surface area (Å²) in [5, 5.41) is 22.0. The fraction of sp³-hybridized carbons (Fsp3) is 0.464. The molecule has 1 amide bonds. The second kappa shape index (κ2) is 12.7. The summed E-state index contributed by atoms with van der Waals surface area (Å²) in [6, 6.07) is 16.0. The van der Waals surface area contributed by atoms with E-state index in [2.05, 4.69) is 41.6 Å². The van der Waals surface area contributed by atoms with Gasteiger partial charge in [0.2, 0.25) is 0 Å². The first-order valence-electron chi connectivity index (χ1n) is 12.3. The Morgan fingerprint density at radius 1 is 1.09 bits per heavy atom. The molecule has 2 aromatic carbocycles. The van der Waals surface area contributed by atoms with Crippen molar-refractivity contribution in [2.24, 2.45) is 0 Å². The minimum absolute atomic E-state index is 0.0222. The number of nitrogens with one attached hydrogen (secondary N) is 1. The monoisotopic (exact) mass is 465 g/mol. The molecule has 3 N–H and O–H groups in total. The number of nitrogens with zero attached hydrogens (tertiary/aromatic N) is 2. The first kappa shape index (κ1) is 25.9. The van der Waals surface area contributed by atoms with E-state index in [-0.39, 0.29) is 24.3 Å². The molecule has 1 aliphatic heterocycles. The van der Waals surface area contributed by atoms with Gasteiger partial charge in [0.05, 0.1) is 6.04 Å². The third-order valence-corrected chi connectivity index (χ3v) is 6.65. The molecule has 3 unspecified atom stereocenters. The summed E-state index contributed by atoms with van der Waals surface area (Å²) in [7, 11) is 0. The molecule has 0 saturated carbocycles. The lowest BCUT2D eigenvalue weighted by Crippen LogP contribution is -2.57. The molecule has 1 saturated heterocycles. The highest BCUT2D eigenvalue weighted by Gasteiger charge is 2.34. The highest BCUT2D eigenvalue weighted by molar-refractivity contribution is 5.94. The van der Waals surface area contributed by atoms with Crippen LogP contribution in [0.1, 0.15) is 60.6 Å². The van der Waals surface area contributed by atoms with Crippen LogP contribution in [0.2, 0.25) is 0 Å². The molecule has 1 fully saturated rings. The van der Waals surface area contributed by atoms with Gasteiger partial charge in [-0.15, -0.1) is 6.58 Å². The molecule has 1 aliphatic rings. The molecule has 34 heavy (non-hydrogen) atoms. The average molecular weight is 466 g/mol. The summed E-state index contributed by atoms with van der Waals surface area (Å²) in [5.74, 6) is 0.176. The number of carbonyl (C=O) groups is 1. The highest BCUT2D eigenvalue weighted by atomic mass is 16.3. The van der Waals surface area contributed by atoms with Crippen molar-refractivity contribution in [2.75, 3.05) is 32.8 Å². The summed E-state index contributed by atoms with van der Waals surface area (Å²) in [6.07, 6.45) is 4.48. The summed E-state index contributed by atoms with van der Waals surface area (Å²) < 4.78 is 0. The standard InChI is InChI=1S/C28H39N3O3/c1-4-16-30-19-22(3)31(20-21(30)2)27(25-9-8-10-26(33)18-25)23-11-13-24(14-12-23)28(34)29-15-6-5-7-17-32/h4,8-14,18,21-22,27,32-33H,1,5-7,15-17,19-20H2,2-3H3,(H,29,34). The Balaban J connectivity index is 1.81. The van der Waals surface area contributed by atoms with Crippen LogP contribution in [0.5, 0.6) is 5.75 Å². The maximum Gasteiger partial charge on any atom is 0.251 e. The number of amides is 1. The van der Waals surface area contributed by atoms with Crippen LogP contribution in [0.25, 0.3) is 0 Å².